The molecular weight excluding hydrogens is 214 g/mol. The number of carbonyl (C=O) groups excluding carboxylic acids is 1. The van der Waals surface area contributed by atoms with Crippen molar-refractivity contribution < 1.29 is 9.53 Å². The molecule has 17 heavy (non-hydrogen) atoms. The Bertz CT molecular complexity index is 443. The number of nitrogens with zero attached hydrogens (tertiary/aromatic N) is 1. The van der Waals surface area contributed by atoms with E-state index in [0.29, 0.717) is 0 Å². The second-order valence-corrected chi connectivity index (χ2v) is 4.78. The first kappa shape index (κ1) is 11.9. The fraction of sp³-hybridized carbons (Fsp3) is 0.500. The molecule has 0 aromatic heterocycles. The molecule has 0 aliphatic heterocycles. The lowest BCUT2D eigenvalue weighted by molar-refractivity contribution is 0.235. The van der Waals surface area contributed by atoms with Gasteiger partial charge in [0, 0.05) is 0 Å². The van der Waals surface area contributed by atoms with E-state index in [1.807, 2.05) is 38.1 Å². The predicted octanol–water partition coefficient (Wildman–Crippen LogP) is 3.19. The van der Waals surface area contributed by atoms with Crippen LogP contribution in [-0.4, -0.2) is 12.2 Å². The molecule has 3 nitrogen and oxygen atoms in total. The molecule has 1 aliphatic carbocycles. The lowest BCUT2D eigenvalue weighted by atomic mass is 9.72. The van der Waals surface area contributed by atoms with Crippen molar-refractivity contribution >= 4 is 6.08 Å². The SMILES string of the molecule is CC(C)Oc1cccc(C2(N=C=O)CCC2)c1. The molecule has 2 rings (SSSR count). The maximum absolute atomic E-state index is 10.5. The lowest BCUT2D eigenvalue weighted by Gasteiger charge is -2.37. The Labute approximate surface area is 102 Å². The molecule has 1 aromatic rings. The lowest BCUT2D eigenvalue weighted by Crippen LogP contribution is -2.31. The van der Waals surface area contributed by atoms with Crippen LogP contribution in [0.3, 0.4) is 0 Å². The van der Waals surface area contributed by atoms with Crippen LogP contribution in [0.25, 0.3) is 0 Å². The van der Waals surface area contributed by atoms with Crippen LogP contribution in [0.1, 0.15) is 38.7 Å². The zero-order chi connectivity index (χ0) is 12.3. The number of hydrogen-bond donors (Lipinski definition) is 0. The van der Waals surface area contributed by atoms with Gasteiger partial charge in [-0.25, -0.2) is 4.79 Å². The highest BCUT2D eigenvalue weighted by Gasteiger charge is 2.38. The van der Waals surface area contributed by atoms with Crippen LogP contribution in [0.2, 0.25) is 0 Å². The summed E-state index contributed by atoms with van der Waals surface area (Å²) < 4.78 is 5.66. The van der Waals surface area contributed by atoms with E-state index in [1.165, 1.54) is 0 Å². The summed E-state index contributed by atoms with van der Waals surface area (Å²) in [6.07, 6.45) is 4.81. The molecule has 1 aromatic carbocycles. The zero-order valence-electron chi connectivity index (χ0n) is 10.3. The van der Waals surface area contributed by atoms with Crippen LogP contribution in [0.4, 0.5) is 0 Å². The fourth-order valence-corrected chi connectivity index (χ4v) is 2.20. The zero-order valence-corrected chi connectivity index (χ0v) is 10.3. The van der Waals surface area contributed by atoms with Crippen molar-refractivity contribution in [1.82, 2.24) is 0 Å². The Morgan fingerprint density at radius 2 is 2.18 bits per heavy atom. The normalized spacial score (nSPS) is 17.1. The van der Waals surface area contributed by atoms with Crippen molar-refractivity contribution in [3.05, 3.63) is 29.8 Å². The van der Waals surface area contributed by atoms with Crippen molar-refractivity contribution in [2.75, 3.05) is 0 Å². The molecule has 0 amide bonds. The third kappa shape index (κ3) is 2.40. The van der Waals surface area contributed by atoms with Gasteiger partial charge >= 0.3 is 0 Å². The number of rotatable bonds is 4. The first-order valence-corrected chi connectivity index (χ1v) is 6.02. The van der Waals surface area contributed by atoms with Gasteiger partial charge in [-0.05, 0) is 50.8 Å². The monoisotopic (exact) mass is 231 g/mol. The van der Waals surface area contributed by atoms with E-state index >= 15 is 0 Å². The second kappa shape index (κ2) is 4.72. The van der Waals surface area contributed by atoms with E-state index in [4.69, 9.17) is 4.74 Å². The van der Waals surface area contributed by atoms with Gasteiger partial charge in [0.05, 0.1) is 11.6 Å². The molecule has 90 valence electrons. The third-order valence-corrected chi connectivity index (χ3v) is 3.18. The standard InChI is InChI=1S/C14H17NO2/c1-11(2)17-13-6-3-5-12(9-13)14(15-10-16)7-4-8-14/h3,5-6,9,11H,4,7-8H2,1-2H3. The molecule has 1 saturated carbocycles. The maximum Gasteiger partial charge on any atom is 0.235 e. The van der Waals surface area contributed by atoms with Gasteiger partial charge in [-0.3, -0.25) is 0 Å². The first-order valence-electron chi connectivity index (χ1n) is 6.02. The smallest absolute Gasteiger partial charge is 0.235 e. The highest BCUT2D eigenvalue weighted by Crippen LogP contribution is 2.45. The fourth-order valence-electron chi connectivity index (χ4n) is 2.20. The van der Waals surface area contributed by atoms with Crippen molar-refractivity contribution in [2.45, 2.75) is 44.8 Å². The van der Waals surface area contributed by atoms with E-state index < -0.39 is 0 Å². The van der Waals surface area contributed by atoms with E-state index in [9.17, 15) is 4.79 Å². The number of hydrogen-bond acceptors (Lipinski definition) is 3. The van der Waals surface area contributed by atoms with E-state index in [1.54, 1.807) is 6.08 Å². The minimum absolute atomic E-state index is 0.150. The van der Waals surface area contributed by atoms with Gasteiger partial charge in [0.25, 0.3) is 0 Å². The van der Waals surface area contributed by atoms with Crippen molar-refractivity contribution in [3.63, 3.8) is 0 Å². The molecule has 0 atom stereocenters. The summed E-state index contributed by atoms with van der Waals surface area (Å²) in [5.41, 5.74) is 0.725. The number of aliphatic imine (C=N–C) groups is 1. The molecule has 0 saturated heterocycles. The topological polar surface area (TPSA) is 38.7 Å². The maximum atomic E-state index is 10.5. The van der Waals surface area contributed by atoms with E-state index in [2.05, 4.69) is 4.99 Å². The quantitative estimate of drug-likeness (QED) is 0.589. The van der Waals surface area contributed by atoms with Gasteiger partial charge in [0.15, 0.2) is 0 Å². The highest BCUT2D eigenvalue weighted by molar-refractivity contribution is 5.41. The van der Waals surface area contributed by atoms with Crippen LogP contribution in [-0.2, 0) is 10.3 Å². The van der Waals surface area contributed by atoms with Gasteiger partial charge in [0.1, 0.15) is 5.75 Å². The summed E-state index contributed by atoms with van der Waals surface area (Å²) in [5.74, 6) is 0.838. The molecule has 0 N–H and O–H groups in total. The molecular formula is C14H17NO2. The second-order valence-electron chi connectivity index (χ2n) is 4.78. The summed E-state index contributed by atoms with van der Waals surface area (Å²) in [7, 11) is 0. The number of ether oxygens (including phenoxy) is 1. The van der Waals surface area contributed by atoms with Crippen molar-refractivity contribution in [2.24, 2.45) is 4.99 Å². The molecule has 1 fully saturated rings. The van der Waals surface area contributed by atoms with Gasteiger partial charge < -0.3 is 4.74 Å². The summed E-state index contributed by atoms with van der Waals surface area (Å²) in [6, 6.07) is 7.88. The van der Waals surface area contributed by atoms with Crippen LogP contribution in [0.5, 0.6) is 5.75 Å². The van der Waals surface area contributed by atoms with Crippen LogP contribution >= 0.6 is 0 Å². The largest absolute Gasteiger partial charge is 0.491 e. The van der Waals surface area contributed by atoms with Gasteiger partial charge in [-0.2, -0.15) is 4.99 Å². The van der Waals surface area contributed by atoms with Crippen molar-refractivity contribution in [3.8, 4) is 5.75 Å². The average molecular weight is 231 g/mol. The summed E-state index contributed by atoms with van der Waals surface area (Å²) in [5, 5.41) is 0. The Hall–Kier alpha value is -1.60. The molecule has 1 aliphatic rings. The number of isocyanates is 1. The van der Waals surface area contributed by atoms with Crippen LogP contribution in [0.15, 0.2) is 29.3 Å². The summed E-state index contributed by atoms with van der Waals surface area (Å²) >= 11 is 0. The first-order chi connectivity index (χ1) is 8.16. The molecule has 3 heteroatoms. The third-order valence-electron chi connectivity index (χ3n) is 3.18. The van der Waals surface area contributed by atoms with Crippen LogP contribution in [0, 0.1) is 0 Å². The minimum atomic E-state index is -0.335. The molecule has 0 heterocycles. The number of benzene rings is 1. The van der Waals surface area contributed by atoms with Crippen molar-refractivity contribution in [1.29, 1.82) is 0 Å². The predicted molar refractivity (Wildman–Crippen MR) is 65.9 cm³/mol. The summed E-state index contributed by atoms with van der Waals surface area (Å²) in [4.78, 5) is 14.5. The molecule has 0 spiro atoms. The van der Waals surface area contributed by atoms with Gasteiger partial charge in [0.2, 0.25) is 6.08 Å². The minimum Gasteiger partial charge on any atom is -0.491 e. The highest BCUT2D eigenvalue weighted by atomic mass is 16.5. The molecule has 0 bridgehead atoms. The average Bonchev–Trinajstić information content (AvgIpc) is 2.23. The van der Waals surface area contributed by atoms with Gasteiger partial charge in [-0.1, -0.05) is 12.1 Å². The Balaban J connectivity index is 2.29. The molecule has 0 unspecified atom stereocenters. The van der Waals surface area contributed by atoms with E-state index in [0.717, 1.165) is 30.6 Å². The summed E-state index contributed by atoms with van der Waals surface area (Å²) in [6.45, 7) is 3.99. The van der Waals surface area contributed by atoms with E-state index in [-0.39, 0.29) is 11.6 Å². The van der Waals surface area contributed by atoms with Crippen LogP contribution < -0.4 is 4.74 Å². The molecule has 0 radical (unpaired) electrons. The Morgan fingerprint density at radius 3 is 2.71 bits per heavy atom. The van der Waals surface area contributed by atoms with Gasteiger partial charge in [-0.15, -0.1) is 0 Å². The Morgan fingerprint density at radius 1 is 1.41 bits per heavy atom. The Kier molecular flexibility index (Phi) is 3.30.